The Morgan fingerprint density at radius 1 is 1.22 bits per heavy atom. The van der Waals surface area contributed by atoms with Crippen LogP contribution >= 0.6 is 0 Å². The number of piperidine rings is 1. The molecule has 0 bridgehead atoms. The van der Waals surface area contributed by atoms with E-state index in [-0.39, 0.29) is 12.0 Å². The van der Waals surface area contributed by atoms with Crippen molar-refractivity contribution < 1.29 is 9.53 Å². The molecule has 4 rings (SSSR count). The van der Waals surface area contributed by atoms with Gasteiger partial charge in [-0.2, -0.15) is 0 Å². The number of piperazine rings is 1. The number of morpholine rings is 1. The number of hydrogen-bond acceptors (Lipinski definition) is 6. The van der Waals surface area contributed by atoms with E-state index in [1.807, 2.05) is 23.2 Å². The Balaban J connectivity index is 1.24. The first-order valence-electron chi connectivity index (χ1n) is 10.3. The highest BCUT2D eigenvalue weighted by Crippen LogP contribution is 2.21. The lowest BCUT2D eigenvalue weighted by Crippen LogP contribution is -2.53. The molecule has 3 fully saturated rings. The van der Waals surface area contributed by atoms with Crippen LogP contribution < -0.4 is 10.2 Å². The SMILES string of the molecule is O=C([C@H]1CNCCO1)N1CCC[C@@H](CN2CCN(c3ccccn3)CC2)C1. The van der Waals surface area contributed by atoms with Crippen molar-refractivity contribution in [2.75, 3.05) is 70.4 Å². The highest BCUT2D eigenvalue weighted by molar-refractivity contribution is 5.81. The molecular weight excluding hydrogens is 342 g/mol. The number of amides is 1. The average molecular weight is 374 g/mol. The molecule has 3 aliphatic heterocycles. The molecule has 0 radical (unpaired) electrons. The maximum atomic E-state index is 12.7. The standard InChI is InChI=1S/C20H31N5O2/c26-20(18-14-21-7-13-27-18)25-8-3-4-17(16-25)15-23-9-11-24(12-10-23)19-5-1-2-6-22-19/h1-2,5-6,17-18,21H,3-4,7-16H2/t17-,18+/m0/s1. The summed E-state index contributed by atoms with van der Waals surface area (Å²) in [6.07, 6.45) is 3.89. The Morgan fingerprint density at radius 3 is 2.85 bits per heavy atom. The quantitative estimate of drug-likeness (QED) is 0.826. The van der Waals surface area contributed by atoms with Crippen LogP contribution in [0.2, 0.25) is 0 Å². The van der Waals surface area contributed by atoms with E-state index in [4.69, 9.17) is 4.74 Å². The molecule has 2 atom stereocenters. The molecule has 27 heavy (non-hydrogen) atoms. The number of aromatic nitrogens is 1. The molecular formula is C20H31N5O2. The Morgan fingerprint density at radius 2 is 2.11 bits per heavy atom. The number of likely N-dealkylation sites (tertiary alicyclic amines) is 1. The predicted molar refractivity (Wildman–Crippen MR) is 105 cm³/mol. The summed E-state index contributed by atoms with van der Waals surface area (Å²) in [5, 5.41) is 3.26. The first-order valence-corrected chi connectivity index (χ1v) is 10.3. The monoisotopic (exact) mass is 373 g/mol. The number of carbonyl (C=O) groups is 1. The lowest BCUT2D eigenvalue weighted by molar-refractivity contribution is -0.147. The van der Waals surface area contributed by atoms with Gasteiger partial charge in [-0.05, 0) is 30.9 Å². The summed E-state index contributed by atoms with van der Waals surface area (Å²) >= 11 is 0. The number of carbonyl (C=O) groups excluding carboxylic acids is 1. The fourth-order valence-electron chi connectivity index (χ4n) is 4.41. The summed E-state index contributed by atoms with van der Waals surface area (Å²) in [5.41, 5.74) is 0. The largest absolute Gasteiger partial charge is 0.366 e. The van der Waals surface area contributed by atoms with Crippen LogP contribution in [0.5, 0.6) is 0 Å². The molecule has 0 aromatic carbocycles. The number of pyridine rings is 1. The minimum Gasteiger partial charge on any atom is -0.366 e. The number of nitrogens with zero attached hydrogens (tertiary/aromatic N) is 4. The minimum absolute atomic E-state index is 0.173. The molecule has 0 unspecified atom stereocenters. The zero-order valence-corrected chi connectivity index (χ0v) is 16.1. The number of ether oxygens (including phenoxy) is 1. The summed E-state index contributed by atoms with van der Waals surface area (Å²) in [6, 6.07) is 6.10. The lowest BCUT2D eigenvalue weighted by atomic mass is 9.96. The molecule has 1 amide bonds. The molecule has 0 spiro atoms. The molecule has 1 N–H and O–H groups in total. The van der Waals surface area contributed by atoms with Gasteiger partial charge in [0.05, 0.1) is 6.61 Å². The van der Waals surface area contributed by atoms with E-state index in [0.717, 1.165) is 64.6 Å². The summed E-state index contributed by atoms with van der Waals surface area (Å²) in [7, 11) is 0. The van der Waals surface area contributed by atoms with E-state index >= 15 is 0 Å². The van der Waals surface area contributed by atoms with Gasteiger partial charge >= 0.3 is 0 Å². The summed E-state index contributed by atoms with van der Waals surface area (Å²) in [4.78, 5) is 24.1. The van der Waals surface area contributed by atoms with E-state index < -0.39 is 0 Å². The molecule has 0 aliphatic carbocycles. The maximum Gasteiger partial charge on any atom is 0.253 e. The summed E-state index contributed by atoms with van der Waals surface area (Å²) in [5.74, 6) is 1.82. The van der Waals surface area contributed by atoms with Gasteiger partial charge in [0.1, 0.15) is 11.9 Å². The Bertz CT molecular complexity index is 600. The predicted octanol–water partition coefficient (Wildman–Crippen LogP) is 0.431. The van der Waals surface area contributed by atoms with Crippen molar-refractivity contribution in [3.63, 3.8) is 0 Å². The van der Waals surface area contributed by atoms with Gasteiger partial charge < -0.3 is 19.9 Å². The van der Waals surface area contributed by atoms with Crippen LogP contribution in [-0.4, -0.2) is 92.3 Å². The van der Waals surface area contributed by atoms with E-state index in [0.29, 0.717) is 19.1 Å². The highest BCUT2D eigenvalue weighted by Gasteiger charge is 2.31. The fraction of sp³-hybridized carbons (Fsp3) is 0.700. The summed E-state index contributed by atoms with van der Waals surface area (Å²) in [6.45, 7) is 9.14. The van der Waals surface area contributed by atoms with Gasteiger partial charge in [-0.15, -0.1) is 0 Å². The molecule has 7 heteroatoms. The van der Waals surface area contributed by atoms with Gasteiger partial charge in [-0.1, -0.05) is 6.07 Å². The minimum atomic E-state index is -0.292. The highest BCUT2D eigenvalue weighted by atomic mass is 16.5. The van der Waals surface area contributed by atoms with Crippen molar-refractivity contribution in [2.24, 2.45) is 5.92 Å². The van der Waals surface area contributed by atoms with Gasteiger partial charge in [0, 0.05) is 65.1 Å². The van der Waals surface area contributed by atoms with Crippen molar-refractivity contribution in [3.8, 4) is 0 Å². The fourth-order valence-corrected chi connectivity index (χ4v) is 4.41. The van der Waals surface area contributed by atoms with Crippen molar-refractivity contribution in [3.05, 3.63) is 24.4 Å². The second-order valence-corrected chi connectivity index (χ2v) is 7.83. The van der Waals surface area contributed by atoms with Crippen molar-refractivity contribution >= 4 is 11.7 Å². The number of nitrogens with one attached hydrogen (secondary N) is 1. The smallest absolute Gasteiger partial charge is 0.253 e. The number of rotatable bonds is 4. The molecule has 1 aromatic heterocycles. The normalized spacial score (nSPS) is 27.6. The Kier molecular flexibility index (Phi) is 6.21. The van der Waals surface area contributed by atoms with Gasteiger partial charge in [0.15, 0.2) is 0 Å². The lowest BCUT2D eigenvalue weighted by Gasteiger charge is -2.40. The zero-order valence-electron chi connectivity index (χ0n) is 16.1. The number of anilines is 1. The van der Waals surface area contributed by atoms with Crippen LogP contribution in [0.25, 0.3) is 0 Å². The molecule has 0 saturated carbocycles. The first kappa shape index (κ1) is 18.7. The van der Waals surface area contributed by atoms with E-state index in [1.54, 1.807) is 0 Å². The van der Waals surface area contributed by atoms with E-state index in [9.17, 15) is 4.79 Å². The second-order valence-electron chi connectivity index (χ2n) is 7.83. The van der Waals surface area contributed by atoms with Crippen LogP contribution in [0.3, 0.4) is 0 Å². The Hall–Kier alpha value is -1.70. The number of hydrogen-bond donors (Lipinski definition) is 1. The molecule has 7 nitrogen and oxygen atoms in total. The third-order valence-corrected chi connectivity index (χ3v) is 5.90. The van der Waals surface area contributed by atoms with Gasteiger partial charge in [0.25, 0.3) is 5.91 Å². The topological polar surface area (TPSA) is 60.9 Å². The van der Waals surface area contributed by atoms with Crippen LogP contribution in [0.4, 0.5) is 5.82 Å². The van der Waals surface area contributed by atoms with Crippen LogP contribution in [-0.2, 0) is 9.53 Å². The van der Waals surface area contributed by atoms with Gasteiger partial charge in [0.2, 0.25) is 0 Å². The third-order valence-electron chi connectivity index (χ3n) is 5.90. The molecule has 3 saturated heterocycles. The van der Waals surface area contributed by atoms with Gasteiger partial charge in [-0.3, -0.25) is 9.69 Å². The van der Waals surface area contributed by atoms with Crippen LogP contribution in [0.1, 0.15) is 12.8 Å². The first-order chi connectivity index (χ1) is 13.3. The van der Waals surface area contributed by atoms with E-state index in [2.05, 4.69) is 26.2 Å². The van der Waals surface area contributed by atoms with Gasteiger partial charge in [-0.25, -0.2) is 4.98 Å². The third kappa shape index (κ3) is 4.78. The summed E-state index contributed by atoms with van der Waals surface area (Å²) < 4.78 is 5.66. The van der Waals surface area contributed by atoms with Crippen molar-refractivity contribution in [1.29, 1.82) is 0 Å². The van der Waals surface area contributed by atoms with E-state index in [1.165, 1.54) is 6.42 Å². The molecule has 3 aliphatic rings. The van der Waals surface area contributed by atoms with Crippen molar-refractivity contribution in [1.82, 2.24) is 20.1 Å². The molecule has 148 valence electrons. The maximum absolute atomic E-state index is 12.7. The Labute approximate surface area is 161 Å². The van der Waals surface area contributed by atoms with Crippen LogP contribution in [0.15, 0.2) is 24.4 Å². The molecule has 4 heterocycles. The van der Waals surface area contributed by atoms with Crippen LogP contribution in [0, 0.1) is 5.92 Å². The van der Waals surface area contributed by atoms with Crippen molar-refractivity contribution in [2.45, 2.75) is 18.9 Å². The average Bonchev–Trinajstić information content (AvgIpc) is 2.75. The second kappa shape index (κ2) is 8.99. The zero-order chi connectivity index (χ0) is 18.5. The molecule has 1 aromatic rings.